The maximum absolute atomic E-state index is 13.2. The largest absolute Gasteiger partial charge is 0.370 e. The fourth-order valence-electron chi connectivity index (χ4n) is 2.21. The number of aliphatic imine (C=N–C) groups is 1. The van der Waals surface area contributed by atoms with E-state index in [9.17, 15) is 4.39 Å². The first-order valence-electron chi connectivity index (χ1n) is 6.99. The molecule has 1 aromatic carbocycles. The predicted octanol–water partition coefficient (Wildman–Crippen LogP) is 3.51. The van der Waals surface area contributed by atoms with Crippen LogP contribution >= 0.6 is 35.7 Å². The maximum atomic E-state index is 13.2. The molecule has 118 valence electrons. The van der Waals surface area contributed by atoms with Crippen molar-refractivity contribution in [3.63, 3.8) is 0 Å². The Morgan fingerprint density at radius 2 is 2.19 bits per heavy atom. The lowest BCUT2D eigenvalue weighted by molar-refractivity contribution is 0.315. The van der Waals surface area contributed by atoms with Crippen molar-refractivity contribution < 1.29 is 4.39 Å². The summed E-state index contributed by atoms with van der Waals surface area (Å²) in [5.74, 6) is 1.83. The molecule has 0 amide bonds. The van der Waals surface area contributed by atoms with Crippen molar-refractivity contribution in [2.45, 2.75) is 31.6 Å². The van der Waals surface area contributed by atoms with Gasteiger partial charge in [-0.2, -0.15) is 11.8 Å². The van der Waals surface area contributed by atoms with Gasteiger partial charge in [0.05, 0.1) is 6.54 Å². The number of benzene rings is 1. The molecule has 3 N–H and O–H groups in total. The second-order valence-electron chi connectivity index (χ2n) is 5.23. The zero-order chi connectivity index (χ0) is 14.4. The van der Waals surface area contributed by atoms with E-state index < -0.39 is 0 Å². The molecule has 0 heterocycles. The molecule has 0 aromatic heterocycles. The zero-order valence-electron chi connectivity index (χ0n) is 12.3. The smallest absolute Gasteiger partial charge is 0.188 e. The summed E-state index contributed by atoms with van der Waals surface area (Å²) < 4.78 is 13.2. The molecule has 6 heteroatoms. The average molecular weight is 423 g/mol. The van der Waals surface area contributed by atoms with Gasteiger partial charge in [0.25, 0.3) is 0 Å². The summed E-state index contributed by atoms with van der Waals surface area (Å²) in [5, 5.41) is 3.17. The normalized spacial score (nSPS) is 15.2. The standard InChI is InChI=1S/C15H22FN3S.HI/c1-20-10-13-7-14(16)6-5-12(13)9-19-15(17)18-8-11-3-2-4-11;/h5-7,11H,2-4,8-10H2,1H3,(H3,17,18,19);1H. The monoisotopic (exact) mass is 423 g/mol. The maximum Gasteiger partial charge on any atom is 0.188 e. The van der Waals surface area contributed by atoms with E-state index >= 15 is 0 Å². The van der Waals surface area contributed by atoms with Crippen LogP contribution in [0.5, 0.6) is 0 Å². The Kier molecular flexibility index (Phi) is 8.39. The first-order valence-corrected chi connectivity index (χ1v) is 8.38. The molecular weight excluding hydrogens is 400 g/mol. The Bertz CT molecular complexity index is 478. The number of rotatable bonds is 6. The molecule has 1 saturated carbocycles. The molecule has 0 aliphatic heterocycles. The lowest BCUT2D eigenvalue weighted by atomic mass is 9.85. The molecule has 0 atom stereocenters. The van der Waals surface area contributed by atoms with Gasteiger partial charge in [0.15, 0.2) is 5.96 Å². The van der Waals surface area contributed by atoms with Gasteiger partial charge in [-0.1, -0.05) is 12.5 Å². The van der Waals surface area contributed by atoms with Crippen molar-refractivity contribution in [1.29, 1.82) is 0 Å². The highest BCUT2D eigenvalue weighted by atomic mass is 127. The van der Waals surface area contributed by atoms with Crippen LogP contribution in [0, 0.1) is 11.7 Å². The fourth-order valence-corrected chi connectivity index (χ4v) is 2.79. The van der Waals surface area contributed by atoms with Crippen LogP contribution in [0.3, 0.4) is 0 Å². The molecule has 3 nitrogen and oxygen atoms in total. The molecule has 0 saturated heterocycles. The van der Waals surface area contributed by atoms with E-state index in [4.69, 9.17) is 5.73 Å². The number of nitrogens with two attached hydrogens (primary N) is 1. The third-order valence-electron chi connectivity index (χ3n) is 3.68. The Balaban J connectivity index is 0.00000220. The number of hydrogen-bond donors (Lipinski definition) is 2. The van der Waals surface area contributed by atoms with Gasteiger partial charge in [-0.05, 0) is 48.3 Å². The van der Waals surface area contributed by atoms with E-state index in [0.717, 1.165) is 29.3 Å². The Morgan fingerprint density at radius 1 is 1.43 bits per heavy atom. The first-order chi connectivity index (χ1) is 9.69. The summed E-state index contributed by atoms with van der Waals surface area (Å²) in [6.07, 6.45) is 5.91. The van der Waals surface area contributed by atoms with Crippen molar-refractivity contribution in [1.82, 2.24) is 5.32 Å². The highest BCUT2D eigenvalue weighted by molar-refractivity contribution is 14.0. The molecule has 1 aliphatic carbocycles. The summed E-state index contributed by atoms with van der Waals surface area (Å²) in [6.45, 7) is 1.41. The van der Waals surface area contributed by atoms with Crippen LogP contribution in [-0.4, -0.2) is 18.8 Å². The summed E-state index contributed by atoms with van der Waals surface area (Å²) in [7, 11) is 0. The quantitative estimate of drug-likeness (QED) is 0.418. The molecule has 0 radical (unpaired) electrons. The lowest BCUT2D eigenvalue weighted by Crippen LogP contribution is -2.37. The van der Waals surface area contributed by atoms with Gasteiger partial charge in [0.2, 0.25) is 0 Å². The number of nitrogens with zero attached hydrogens (tertiary/aromatic N) is 1. The van der Waals surface area contributed by atoms with E-state index in [-0.39, 0.29) is 29.8 Å². The van der Waals surface area contributed by atoms with Crippen LogP contribution in [-0.2, 0) is 12.3 Å². The van der Waals surface area contributed by atoms with Gasteiger partial charge < -0.3 is 11.1 Å². The lowest BCUT2D eigenvalue weighted by Gasteiger charge is -2.25. The van der Waals surface area contributed by atoms with Crippen molar-refractivity contribution in [2.75, 3.05) is 12.8 Å². The van der Waals surface area contributed by atoms with Crippen molar-refractivity contribution in [2.24, 2.45) is 16.6 Å². The van der Waals surface area contributed by atoms with Crippen LogP contribution in [0.2, 0.25) is 0 Å². The molecule has 1 aliphatic rings. The minimum atomic E-state index is -0.196. The number of halogens is 2. The summed E-state index contributed by atoms with van der Waals surface area (Å²) >= 11 is 1.67. The molecule has 0 spiro atoms. The SMILES string of the molecule is CSCc1cc(F)ccc1CN=C(N)NCC1CCC1.I. The van der Waals surface area contributed by atoms with E-state index in [1.165, 1.54) is 25.3 Å². The van der Waals surface area contributed by atoms with Gasteiger partial charge in [-0.15, -0.1) is 24.0 Å². The molecule has 21 heavy (non-hydrogen) atoms. The van der Waals surface area contributed by atoms with E-state index in [0.29, 0.717) is 12.5 Å². The van der Waals surface area contributed by atoms with Gasteiger partial charge in [-0.25, -0.2) is 9.38 Å². The Morgan fingerprint density at radius 3 is 2.81 bits per heavy atom. The summed E-state index contributed by atoms with van der Waals surface area (Å²) in [5.41, 5.74) is 7.89. The van der Waals surface area contributed by atoms with Crippen molar-refractivity contribution in [3.8, 4) is 0 Å². The summed E-state index contributed by atoms with van der Waals surface area (Å²) in [4.78, 5) is 4.35. The second kappa shape index (κ2) is 9.50. The number of hydrogen-bond acceptors (Lipinski definition) is 2. The average Bonchev–Trinajstić information content (AvgIpc) is 2.36. The van der Waals surface area contributed by atoms with Crippen LogP contribution < -0.4 is 11.1 Å². The third kappa shape index (κ3) is 6.02. The molecule has 0 unspecified atom stereocenters. The highest BCUT2D eigenvalue weighted by Gasteiger charge is 2.16. The minimum Gasteiger partial charge on any atom is -0.370 e. The molecular formula is C15H23FIN3S. The molecule has 1 fully saturated rings. The molecule has 2 rings (SSSR count). The van der Waals surface area contributed by atoms with Crippen LogP contribution in [0.4, 0.5) is 4.39 Å². The van der Waals surface area contributed by atoms with Crippen LogP contribution in [0.15, 0.2) is 23.2 Å². The molecule has 0 bridgehead atoms. The number of thioether (sulfide) groups is 1. The van der Waals surface area contributed by atoms with Crippen LogP contribution in [0.25, 0.3) is 0 Å². The number of guanidine groups is 1. The van der Waals surface area contributed by atoms with E-state index in [2.05, 4.69) is 10.3 Å². The van der Waals surface area contributed by atoms with Gasteiger partial charge >= 0.3 is 0 Å². The van der Waals surface area contributed by atoms with Crippen molar-refractivity contribution >= 4 is 41.7 Å². The van der Waals surface area contributed by atoms with E-state index in [1.54, 1.807) is 23.9 Å². The predicted molar refractivity (Wildman–Crippen MR) is 99.7 cm³/mol. The Labute approximate surface area is 147 Å². The fraction of sp³-hybridized carbons (Fsp3) is 0.533. The first kappa shape index (κ1) is 18.5. The topological polar surface area (TPSA) is 50.4 Å². The van der Waals surface area contributed by atoms with Gasteiger partial charge in [0.1, 0.15) is 5.82 Å². The summed E-state index contributed by atoms with van der Waals surface area (Å²) in [6, 6.07) is 4.86. The van der Waals surface area contributed by atoms with Gasteiger partial charge in [0, 0.05) is 12.3 Å². The highest BCUT2D eigenvalue weighted by Crippen LogP contribution is 2.25. The minimum absolute atomic E-state index is 0. The Hall–Kier alpha value is -0.500. The third-order valence-corrected chi connectivity index (χ3v) is 4.28. The van der Waals surface area contributed by atoms with Gasteiger partial charge in [-0.3, -0.25) is 0 Å². The zero-order valence-corrected chi connectivity index (χ0v) is 15.4. The second-order valence-corrected chi connectivity index (χ2v) is 6.09. The van der Waals surface area contributed by atoms with Crippen LogP contribution in [0.1, 0.15) is 30.4 Å². The number of nitrogens with one attached hydrogen (secondary N) is 1. The molecule has 1 aromatic rings. The van der Waals surface area contributed by atoms with Crippen molar-refractivity contribution in [3.05, 3.63) is 35.1 Å². The van der Waals surface area contributed by atoms with E-state index in [1.807, 2.05) is 6.26 Å².